The van der Waals surface area contributed by atoms with Crippen LogP contribution in [0, 0.1) is 0 Å². The Kier molecular flexibility index (Phi) is 2.93. The molecule has 6 nitrogen and oxygen atoms in total. The summed E-state index contributed by atoms with van der Waals surface area (Å²) < 4.78 is 5.52. The summed E-state index contributed by atoms with van der Waals surface area (Å²) in [6.07, 6.45) is 0. The first-order valence-corrected chi connectivity index (χ1v) is 7.30. The molecule has 108 valence electrons. The van der Waals surface area contributed by atoms with Crippen LogP contribution in [0.2, 0.25) is 0 Å². The third-order valence-electron chi connectivity index (χ3n) is 3.29. The van der Waals surface area contributed by atoms with E-state index in [0.717, 1.165) is 32.5 Å². The largest absolute Gasteiger partial charge is 0.439 e. The predicted molar refractivity (Wildman–Crippen MR) is 85.3 cm³/mol. The fourth-order valence-corrected chi connectivity index (χ4v) is 2.68. The summed E-state index contributed by atoms with van der Waals surface area (Å²) in [7, 11) is 0. The minimum absolute atomic E-state index is 0.394. The van der Waals surface area contributed by atoms with E-state index in [1.54, 1.807) is 0 Å². The number of imidazole rings is 1. The van der Waals surface area contributed by atoms with Crippen LogP contribution in [0.4, 0.5) is 0 Å². The van der Waals surface area contributed by atoms with Crippen molar-refractivity contribution in [3.63, 3.8) is 0 Å². The molecule has 2 aromatic carbocycles. The molecule has 0 saturated carbocycles. The number of aromatic nitrogens is 4. The first kappa shape index (κ1) is 13.0. The molecule has 0 radical (unpaired) electrons. The van der Waals surface area contributed by atoms with Crippen LogP contribution >= 0.6 is 15.9 Å². The Balaban J connectivity index is 1.83. The summed E-state index contributed by atoms with van der Waals surface area (Å²) in [6, 6.07) is 13.5. The summed E-state index contributed by atoms with van der Waals surface area (Å²) in [5.41, 5.74) is 3.44. The summed E-state index contributed by atoms with van der Waals surface area (Å²) >= 11 is 3.45. The summed E-state index contributed by atoms with van der Waals surface area (Å²) in [5, 5.41) is 3.69. The van der Waals surface area contributed by atoms with Crippen molar-refractivity contribution >= 4 is 27.0 Å². The molecule has 0 saturated heterocycles. The zero-order valence-electron chi connectivity index (χ0n) is 11.1. The van der Waals surface area contributed by atoms with Gasteiger partial charge in [0.2, 0.25) is 0 Å². The Bertz CT molecular complexity index is 1030. The topological polar surface area (TPSA) is 87.6 Å². The molecule has 0 fully saturated rings. The van der Waals surface area contributed by atoms with E-state index in [1.165, 1.54) is 0 Å². The Morgan fingerprint density at radius 2 is 1.86 bits per heavy atom. The van der Waals surface area contributed by atoms with Crippen LogP contribution < -0.4 is 5.76 Å². The molecule has 0 aliphatic carbocycles. The highest BCUT2D eigenvalue weighted by Crippen LogP contribution is 2.25. The minimum atomic E-state index is -0.575. The molecule has 0 aliphatic rings. The molecule has 0 unspecified atom stereocenters. The zero-order chi connectivity index (χ0) is 15.1. The van der Waals surface area contributed by atoms with Crippen molar-refractivity contribution in [2.75, 3.05) is 0 Å². The minimum Gasteiger partial charge on any atom is -0.338 e. The molecule has 0 spiro atoms. The van der Waals surface area contributed by atoms with Crippen molar-refractivity contribution in [3.8, 4) is 22.8 Å². The first-order valence-electron chi connectivity index (χ1n) is 6.51. The summed E-state index contributed by atoms with van der Waals surface area (Å²) in [4.78, 5) is 21.4. The van der Waals surface area contributed by atoms with E-state index >= 15 is 0 Å². The van der Waals surface area contributed by atoms with Crippen molar-refractivity contribution in [1.29, 1.82) is 0 Å². The molecule has 2 N–H and O–H groups in total. The average Bonchev–Trinajstić information content (AvgIpc) is 3.12. The maximum atomic E-state index is 11.0. The number of aromatic amines is 2. The van der Waals surface area contributed by atoms with Gasteiger partial charge in [0.1, 0.15) is 5.82 Å². The Morgan fingerprint density at radius 3 is 2.64 bits per heavy atom. The normalized spacial score (nSPS) is 11.1. The summed E-state index contributed by atoms with van der Waals surface area (Å²) in [5.74, 6) is 0.599. The van der Waals surface area contributed by atoms with Gasteiger partial charge in [0, 0.05) is 15.6 Å². The number of benzene rings is 2. The predicted octanol–water partition coefficient (Wildman–Crippen LogP) is 3.34. The first-order chi connectivity index (χ1) is 10.7. The van der Waals surface area contributed by atoms with Crippen LogP contribution in [0.15, 0.2) is 56.3 Å². The van der Waals surface area contributed by atoms with Crippen molar-refractivity contribution in [2.45, 2.75) is 0 Å². The highest BCUT2D eigenvalue weighted by Gasteiger charge is 2.09. The molecule has 0 aliphatic heterocycles. The Hall–Kier alpha value is -2.67. The molecule has 4 aromatic rings. The van der Waals surface area contributed by atoms with E-state index in [-0.39, 0.29) is 0 Å². The van der Waals surface area contributed by atoms with Crippen LogP contribution in [0.5, 0.6) is 0 Å². The maximum Gasteiger partial charge on any atom is 0.439 e. The molecule has 4 rings (SSSR count). The third kappa shape index (κ3) is 2.25. The molecular formula is C15H9BrN4O2. The van der Waals surface area contributed by atoms with Crippen LogP contribution in [-0.2, 0) is 0 Å². The number of nitrogens with zero attached hydrogens (tertiary/aromatic N) is 2. The van der Waals surface area contributed by atoms with Gasteiger partial charge in [-0.05, 0) is 30.3 Å². The second-order valence-corrected chi connectivity index (χ2v) is 5.69. The quantitative estimate of drug-likeness (QED) is 0.576. The zero-order valence-corrected chi connectivity index (χ0v) is 12.7. The van der Waals surface area contributed by atoms with Crippen LogP contribution in [0.3, 0.4) is 0 Å². The van der Waals surface area contributed by atoms with Gasteiger partial charge in [-0.15, -0.1) is 0 Å². The lowest BCUT2D eigenvalue weighted by Gasteiger charge is -1.96. The second kappa shape index (κ2) is 4.96. The molecular weight excluding hydrogens is 348 g/mol. The maximum absolute atomic E-state index is 11.0. The number of fused-ring (bicyclic) bond motifs is 1. The lowest BCUT2D eigenvalue weighted by molar-refractivity contribution is 0.388. The standard InChI is InChI=1S/C15H9BrN4O2/c16-10-3-1-2-8(6-10)13-17-11-5-4-9(7-12(11)18-13)14-19-15(21)22-20-14/h1-7H,(H,17,18)(H,19,20,21). The molecule has 2 aromatic heterocycles. The molecule has 0 amide bonds. The summed E-state index contributed by atoms with van der Waals surface area (Å²) in [6.45, 7) is 0. The molecule has 0 atom stereocenters. The van der Waals surface area contributed by atoms with Gasteiger partial charge in [-0.1, -0.05) is 33.2 Å². The van der Waals surface area contributed by atoms with Gasteiger partial charge in [0.25, 0.3) is 0 Å². The fourth-order valence-electron chi connectivity index (χ4n) is 2.28. The SMILES string of the molecule is O=c1[nH]c(-c2ccc3nc(-c4cccc(Br)c4)[nH]c3c2)no1. The van der Waals surface area contributed by atoms with Crippen molar-refractivity contribution in [3.05, 3.63) is 57.5 Å². The van der Waals surface area contributed by atoms with Gasteiger partial charge in [-0.3, -0.25) is 9.51 Å². The Labute approximate surface area is 132 Å². The van der Waals surface area contributed by atoms with E-state index in [4.69, 9.17) is 0 Å². The number of halogens is 1. The highest BCUT2D eigenvalue weighted by atomic mass is 79.9. The average molecular weight is 357 g/mol. The molecule has 7 heteroatoms. The van der Waals surface area contributed by atoms with Gasteiger partial charge in [-0.25, -0.2) is 9.78 Å². The number of nitrogens with one attached hydrogen (secondary N) is 2. The van der Waals surface area contributed by atoms with E-state index in [9.17, 15) is 4.79 Å². The lowest BCUT2D eigenvalue weighted by Crippen LogP contribution is -1.94. The fraction of sp³-hybridized carbons (Fsp3) is 0. The third-order valence-corrected chi connectivity index (χ3v) is 3.79. The second-order valence-electron chi connectivity index (χ2n) is 4.77. The van der Waals surface area contributed by atoms with Crippen molar-refractivity contribution in [2.24, 2.45) is 0 Å². The van der Waals surface area contributed by atoms with Gasteiger partial charge in [0.05, 0.1) is 11.0 Å². The molecule has 2 heterocycles. The van der Waals surface area contributed by atoms with Crippen LogP contribution in [0.1, 0.15) is 0 Å². The van der Waals surface area contributed by atoms with Crippen molar-refractivity contribution in [1.82, 2.24) is 20.1 Å². The van der Waals surface area contributed by atoms with E-state index in [1.807, 2.05) is 42.5 Å². The molecule has 22 heavy (non-hydrogen) atoms. The lowest BCUT2D eigenvalue weighted by atomic mass is 10.2. The van der Waals surface area contributed by atoms with Gasteiger partial charge in [0.15, 0.2) is 5.82 Å². The number of H-pyrrole nitrogens is 2. The van der Waals surface area contributed by atoms with E-state index in [2.05, 4.69) is 40.6 Å². The Morgan fingerprint density at radius 1 is 1.00 bits per heavy atom. The van der Waals surface area contributed by atoms with Crippen LogP contribution in [0.25, 0.3) is 33.8 Å². The van der Waals surface area contributed by atoms with Gasteiger partial charge >= 0.3 is 5.76 Å². The smallest absolute Gasteiger partial charge is 0.338 e. The van der Waals surface area contributed by atoms with Gasteiger partial charge in [-0.2, -0.15) is 0 Å². The van der Waals surface area contributed by atoms with Crippen LogP contribution in [-0.4, -0.2) is 20.1 Å². The number of hydrogen-bond donors (Lipinski definition) is 2. The van der Waals surface area contributed by atoms with Gasteiger partial charge < -0.3 is 4.98 Å². The van der Waals surface area contributed by atoms with E-state index in [0.29, 0.717) is 5.82 Å². The van der Waals surface area contributed by atoms with Crippen molar-refractivity contribution < 1.29 is 4.52 Å². The monoisotopic (exact) mass is 356 g/mol. The molecule has 0 bridgehead atoms. The van der Waals surface area contributed by atoms with E-state index < -0.39 is 5.76 Å². The highest BCUT2D eigenvalue weighted by molar-refractivity contribution is 9.10. The number of rotatable bonds is 2. The number of hydrogen-bond acceptors (Lipinski definition) is 4.